The van der Waals surface area contributed by atoms with Crippen molar-refractivity contribution in [3.63, 3.8) is 0 Å². The summed E-state index contributed by atoms with van der Waals surface area (Å²) in [5.74, 6) is 1.67. The molecule has 0 amide bonds. The van der Waals surface area contributed by atoms with Gasteiger partial charge in [0, 0.05) is 39.6 Å². The SMILES string of the molecule is CN(C)c1nccnc1N1CCCn2nc(CNS(C)(=O)=O)cc2C1. The minimum absolute atomic E-state index is 0.201. The zero-order valence-electron chi connectivity index (χ0n) is 14.7. The van der Waals surface area contributed by atoms with E-state index in [-0.39, 0.29) is 6.54 Å². The van der Waals surface area contributed by atoms with Crippen molar-refractivity contribution in [2.75, 3.05) is 36.7 Å². The van der Waals surface area contributed by atoms with Gasteiger partial charge in [-0.25, -0.2) is 23.1 Å². The van der Waals surface area contributed by atoms with Crippen molar-refractivity contribution in [2.45, 2.75) is 26.1 Å². The first kappa shape index (κ1) is 17.6. The van der Waals surface area contributed by atoms with Crippen molar-refractivity contribution in [2.24, 2.45) is 0 Å². The molecule has 0 unspecified atom stereocenters. The highest BCUT2D eigenvalue weighted by atomic mass is 32.2. The third-order valence-corrected chi connectivity index (χ3v) is 4.63. The van der Waals surface area contributed by atoms with E-state index in [4.69, 9.17) is 0 Å². The van der Waals surface area contributed by atoms with E-state index in [0.717, 1.165) is 43.1 Å². The number of sulfonamides is 1. The van der Waals surface area contributed by atoms with Crippen molar-refractivity contribution in [3.8, 4) is 0 Å². The maximum atomic E-state index is 11.3. The Labute approximate surface area is 147 Å². The Balaban J connectivity index is 1.83. The summed E-state index contributed by atoms with van der Waals surface area (Å²) in [6.45, 7) is 2.51. The zero-order chi connectivity index (χ0) is 18.0. The number of aryl methyl sites for hydroxylation is 1. The molecule has 1 aliphatic rings. The molecule has 0 fully saturated rings. The fraction of sp³-hybridized carbons (Fsp3) is 0.533. The topological polar surface area (TPSA) is 96.2 Å². The molecule has 0 saturated carbocycles. The van der Waals surface area contributed by atoms with Gasteiger partial charge in [-0.1, -0.05) is 0 Å². The van der Waals surface area contributed by atoms with Gasteiger partial charge in [-0.05, 0) is 12.5 Å². The molecule has 0 aliphatic carbocycles. The van der Waals surface area contributed by atoms with E-state index in [9.17, 15) is 8.42 Å². The van der Waals surface area contributed by atoms with Gasteiger partial charge in [0.15, 0.2) is 11.6 Å². The lowest BCUT2D eigenvalue weighted by Crippen LogP contribution is -2.26. The van der Waals surface area contributed by atoms with Gasteiger partial charge in [0.2, 0.25) is 10.0 Å². The first-order valence-corrected chi connectivity index (χ1v) is 9.96. The zero-order valence-corrected chi connectivity index (χ0v) is 15.5. The normalized spacial score (nSPS) is 14.9. The number of rotatable bonds is 5. The van der Waals surface area contributed by atoms with Crippen LogP contribution in [0.2, 0.25) is 0 Å². The van der Waals surface area contributed by atoms with E-state index in [1.54, 1.807) is 12.4 Å². The van der Waals surface area contributed by atoms with Crippen LogP contribution in [0, 0.1) is 0 Å². The summed E-state index contributed by atoms with van der Waals surface area (Å²) in [6, 6.07) is 1.95. The Morgan fingerprint density at radius 1 is 1.24 bits per heavy atom. The molecule has 0 atom stereocenters. The number of anilines is 2. The van der Waals surface area contributed by atoms with Gasteiger partial charge in [-0.2, -0.15) is 5.10 Å². The Bertz CT molecular complexity index is 847. The molecule has 1 aliphatic heterocycles. The van der Waals surface area contributed by atoms with Crippen LogP contribution in [0.4, 0.5) is 11.6 Å². The van der Waals surface area contributed by atoms with Crippen LogP contribution >= 0.6 is 0 Å². The standard InChI is InChI=1S/C15H23N7O2S/c1-20(2)14-15(17-6-5-16-14)21-7-4-8-22-13(11-21)9-12(19-22)10-18-25(3,23)24/h5-6,9,18H,4,7-8,10-11H2,1-3H3. The molecule has 2 aromatic heterocycles. The molecular weight excluding hydrogens is 342 g/mol. The largest absolute Gasteiger partial charge is 0.360 e. The van der Waals surface area contributed by atoms with Crippen LogP contribution in [0.1, 0.15) is 17.8 Å². The number of nitrogens with zero attached hydrogens (tertiary/aromatic N) is 6. The Morgan fingerprint density at radius 2 is 2.00 bits per heavy atom. The predicted octanol–water partition coefficient (Wildman–Crippen LogP) is 0.199. The average Bonchev–Trinajstić information content (AvgIpc) is 2.83. The second-order valence-corrected chi connectivity index (χ2v) is 8.15. The van der Waals surface area contributed by atoms with Crippen LogP contribution in [0.15, 0.2) is 18.5 Å². The van der Waals surface area contributed by atoms with Crippen LogP contribution in [0.25, 0.3) is 0 Å². The Morgan fingerprint density at radius 3 is 2.72 bits per heavy atom. The summed E-state index contributed by atoms with van der Waals surface area (Å²) in [5.41, 5.74) is 1.76. The molecule has 2 aromatic rings. The fourth-order valence-corrected chi connectivity index (χ4v) is 3.27. The summed E-state index contributed by atoms with van der Waals surface area (Å²) in [5, 5.41) is 4.52. The van der Waals surface area contributed by atoms with Crippen LogP contribution in [0.5, 0.6) is 0 Å². The first-order valence-electron chi connectivity index (χ1n) is 8.07. The maximum Gasteiger partial charge on any atom is 0.209 e. The van der Waals surface area contributed by atoms with Gasteiger partial charge in [-0.15, -0.1) is 0 Å². The van der Waals surface area contributed by atoms with E-state index in [2.05, 4.69) is 24.7 Å². The van der Waals surface area contributed by atoms with Crippen molar-refractivity contribution < 1.29 is 8.42 Å². The van der Waals surface area contributed by atoms with Gasteiger partial charge in [0.05, 0.1) is 30.7 Å². The number of nitrogens with one attached hydrogen (secondary N) is 1. The molecule has 3 heterocycles. The summed E-state index contributed by atoms with van der Waals surface area (Å²) < 4.78 is 27.0. The minimum Gasteiger partial charge on any atom is -0.360 e. The molecule has 0 spiro atoms. The second kappa shape index (κ2) is 6.96. The highest BCUT2D eigenvalue weighted by Crippen LogP contribution is 2.26. The number of hydrogen-bond acceptors (Lipinski definition) is 7. The van der Waals surface area contributed by atoms with E-state index < -0.39 is 10.0 Å². The van der Waals surface area contributed by atoms with Crippen LogP contribution in [-0.2, 0) is 29.7 Å². The Hall–Kier alpha value is -2.20. The molecular formula is C15H23N7O2S. The van der Waals surface area contributed by atoms with Crippen LogP contribution in [0.3, 0.4) is 0 Å². The summed E-state index contributed by atoms with van der Waals surface area (Å²) in [4.78, 5) is 13.1. The lowest BCUT2D eigenvalue weighted by molar-refractivity contribution is 0.573. The molecule has 0 saturated heterocycles. The monoisotopic (exact) mass is 365 g/mol. The molecule has 10 heteroatoms. The van der Waals surface area contributed by atoms with Crippen LogP contribution in [-0.4, -0.2) is 55.1 Å². The maximum absolute atomic E-state index is 11.3. The van der Waals surface area contributed by atoms with Gasteiger partial charge < -0.3 is 9.80 Å². The summed E-state index contributed by atoms with van der Waals surface area (Å²) in [7, 11) is 0.665. The first-order chi connectivity index (χ1) is 11.8. The summed E-state index contributed by atoms with van der Waals surface area (Å²) in [6.07, 6.45) is 5.46. The third-order valence-electron chi connectivity index (χ3n) is 3.96. The van der Waals surface area contributed by atoms with E-state index >= 15 is 0 Å². The average molecular weight is 365 g/mol. The van der Waals surface area contributed by atoms with Crippen LogP contribution < -0.4 is 14.5 Å². The molecule has 0 bridgehead atoms. The highest BCUT2D eigenvalue weighted by molar-refractivity contribution is 7.88. The van der Waals surface area contributed by atoms with Gasteiger partial charge in [0.1, 0.15) is 0 Å². The third kappa shape index (κ3) is 4.26. The lowest BCUT2D eigenvalue weighted by atomic mass is 10.3. The van der Waals surface area contributed by atoms with Crippen molar-refractivity contribution >= 4 is 21.7 Å². The molecule has 1 N–H and O–H groups in total. The van der Waals surface area contributed by atoms with Crippen molar-refractivity contribution in [3.05, 3.63) is 29.8 Å². The van der Waals surface area contributed by atoms with E-state index in [0.29, 0.717) is 12.2 Å². The number of aromatic nitrogens is 4. The molecule has 3 rings (SSSR count). The summed E-state index contributed by atoms with van der Waals surface area (Å²) >= 11 is 0. The quantitative estimate of drug-likeness (QED) is 0.808. The predicted molar refractivity (Wildman–Crippen MR) is 95.9 cm³/mol. The molecule has 25 heavy (non-hydrogen) atoms. The van der Waals surface area contributed by atoms with E-state index in [1.165, 1.54) is 0 Å². The van der Waals surface area contributed by atoms with Gasteiger partial charge >= 0.3 is 0 Å². The number of fused-ring (bicyclic) bond motifs is 1. The smallest absolute Gasteiger partial charge is 0.209 e. The molecule has 0 radical (unpaired) electrons. The van der Waals surface area contributed by atoms with Gasteiger partial charge in [0.25, 0.3) is 0 Å². The molecule has 0 aromatic carbocycles. The van der Waals surface area contributed by atoms with E-state index in [1.807, 2.05) is 29.7 Å². The fourth-order valence-electron chi connectivity index (χ4n) is 2.86. The lowest BCUT2D eigenvalue weighted by Gasteiger charge is -2.25. The Kier molecular flexibility index (Phi) is 4.91. The minimum atomic E-state index is -3.23. The molecule has 9 nitrogen and oxygen atoms in total. The van der Waals surface area contributed by atoms with Crippen molar-refractivity contribution in [1.82, 2.24) is 24.5 Å². The second-order valence-electron chi connectivity index (χ2n) is 6.32. The van der Waals surface area contributed by atoms with Crippen molar-refractivity contribution in [1.29, 1.82) is 0 Å². The highest BCUT2D eigenvalue weighted by Gasteiger charge is 2.21. The molecule has 136 valence electrons. The number of hydrogen-bond donors (Lipinski definition) is 1. The van der Waals surface area contributed by atoms with Gasteiger partial charge in [-0.3, -0.25) is 4.68 Å².